The normalized spacial score (nSPS) is 18.5. The number of aliphatic imine (C=N–C) groups is 1. The molecule has 2 rings (SSSR count). The SMILES string of the molecule is CN=C(NCC(=O)NCCOC)N1CCOC(c2cnn(C)c2)C1. The van der Waals surface area contributed by atoms with Crippen molar-refractivity contribution in [1.82, 2.24) is 25.3 Å². The van der Waals surface area contributed by atoms with Gasteiger partial charge in [-0.2, -0.15) is 5.10 Å². The van der Waals surface area contributed by atoms with Gasteiger partial charge >= 0.3 is 0 Å². The third-order valence-corrected chi connectivity index (χ3v) is 3.71. The van der Waals surface area contributed by atoms with Crippen LogP contribution in [0, 0.1) is 0 Å². The molecule has 1 aromatic heterocycles. The fourth-order valence-electron chi connectivity index (χ4n) is 2.50. The Morgan fingerprint density at radius 2 is 2.38 bits per heavy atom. The number of methoxy groups -OCH3 is 1. The molecule has 9 nitrogen and oxygen atoms in total. The van der Waals surface area contributed by atoms with Crippen LogP contribution in [0.3, 0.4) is 0 Å². The highest BCUT2D eigenvalue weighted by atomic mass is 16.5. The summed E-state index contributed by atoms with van der Waals surface area (Å²) in [6, 6.07) is 0. The zero-order chi connectivity index (χ0) is 17.4. The van der Waals surface area contributed by atoms with E-state index >= 15 is 0 Å². The van der Waals surface area contributed by atoms with Crippen LogP contribution in [-0.2, 0) is 21.3 Å². The van der Waals surface area contributed by atoms with E-state index in [1.165, 1.54) is 0 Å². The number of morpholine rings is 1. The maximum Gasteiger partial charge on any atom is 0.239 e. The van der Waals surface area contributed by atoms with Crippen molar-refractivity contribution in [2.45, 2.75) is 6.10 Å². The first-order valence-corrected chi connectivity index (χ1v) is 7.95. The standard InChI is InChI=1S/C15H26N6O3/c1-16-15(18-9-14(22)17-4-6-23-3)21-5-7-24-13(11-21)12-8-19-20(2)10-12/h8,10,13H,4-7,9,11H2,1-3H3,(H,16,18)(H,17,22). The quantitative estimate of drug-likeness (QED) is 0.398. The van der Waals surface area contributed by atoms with Crippen molar-refractivity contribution in [3.63, 3.8) is 0 Å². The predicted molar refractivity (Wildman–Crippen MR) is 89.7 cm³/mol. The molecule has 0 radical (unpaired) electrons. The molecule has 0 aromatic carbocycles. The lowest BCUT2D eigenvalue weighted by Crippen LogP contribution is -2.50. The molecule has 1 aliphatic rings. The van der Waals surface area contributed by atoms with Gasteiger partial charge in [0.2, 0.25) is 5.91 Å². The monoisotopic (exact) mass is 338 g/mol. The van der Waals surface area contributed by atoms with E-state index < -0.39 is 0 Å². The molecule has 0 spiro atoms. The van der Waals surface area contributed by atoms with Crippen LogP contribution in [0.5, 0.6) is 0 Å². The maximum atomic E-state index is 11.8. The summed E-state index contributed by atoms with van der Waals surface area (Å²) in [6.07, 6.45) is 3.71. The molecule has 1 atom stereocenters. The Balaban J connectivity index is 1.85. The minimum atomic E-state index is -0.0923. The van der Waals surface area contributed by atoms with Crippen molar-refractivity contribution in [2.75, 3.05) is 53.6 Å². The number of ether oxygens (including phenoxy) is 2. The first-order valence-electron chi connectivity index (χ1n) is 7.95. The van der Waals surface area contributed by atoms with Crippen molar-refractivity contribution in [3.05, 3.63) is 18.0 Å². The van der Waals surface area contributed by atoms with Gasteiger partial charge in [-0.15, -0.1) is 0 Å². The molecular weight excluding hydrogens is 312 g/mol. The number of carbonyl (C=O) groups excluding carboxylic acids is 1. The second-order valence-electron chi connectivity index (χ2n) is 5.50. The van der Waals surface area contributed by atoms with E-state index in [1.807, 2.05) is 19.4 Å². The molecule has 0 bridgehead atoms. The molecule has 1 amide bonds. The Labute approximate surface area is 142 Å². The highest BCUT2D eigenvalue weighted by Crippen LogP contribution is 2.21. The number of guanidine groups is 1. The number of aryl methyl sites for hydroxylation is 1. The summed E-state index contributed by atoms with van der Waals surface area (Å²) in [5.74, 6) is 0.597. The molecule has 1 aliphatic heterocycles. The molecule has 2 N–H and O–H groups in total. The van der Waals surface area contributed by atoms with Crippen molar-refractivity contribution >= 4 is 11.9 Å². The highest BCUT2D eigenvalue weighted by molar-refractivity contribution is 5.86. The Kier molecular flexibility index (Phi) is 7.01. The molecule has 1 aromatic rings. The van der Waals surface area contributed by atoms with Gasteiger partial charge in [0.15, 0.2) is 5.96 Å². The zero-order valence-electron chi connectivity index (χ0n) is 14.5. The number of carbonyl (C=O) groups is 1. The molecular formula is C15H26N6O3. The zero-order valence-corrected chi connectivity index (χ0v) is 14.5. The summed E-state index contributed by atoms with van der Waals surface area (Å²) in [4.78, 5) is 18.1. The minimum Gasteiger partial charge on any atom is -0.383 e. The molecule has 0 saturated carbocycles. The van der Waals surface area contributed by atoms with Gasteiger partial charge in [-0.3, -0.25) is 14.5 Å². The smallest absolute Gasteiger partial charge is 0.239 e. The predicted octanol–water partition coefficient (Wildman–Crippen LogP) is -0.869. The number of aromatic nitrogens is 2. The van der Waals surface area contributed by atoms with E-state index in [1.54, 1.807) is 18.8 Å². The Hall–Kier alpha value is -2.13. The lowest BCUT2D eigenvalue weighted by atomic mass is 10.1. The van der Waals surface area contributed by atoms with Crippen LogP contribution in [-0.4, -0.2) is 80.1 Å². The molecule has 2 heterocycles. The number of hydrogen-bond donors (Lipinski definition) is 2. The Morgan fingerprint density at radius 1 is 1.54 bits per heavy atom. The van der Waals surface area contributed by atoms with Crippen molar-refractivity contribution in [1.29, 1.82) is 0 Å². The van der Waals surface area contributed by atoms with Gasteiger partial charge in [0.1, 0.15) is 6.10 Å². The fourth-order valence-corrected chi connectivity index (χ4v) is 2.50. The van der Waals surface area contributed by atoms with Crippen LogP contribution in [0.1, 0.15) is 11.7 Å². The van der Waals surface area contributed by atoms with E-state index in [9.17, 15) is 4.79 Å². The third-order valence-electron chi connectivity index (χ3n) is 3.71. The summed E-state index contributed by atoms with van der Waals surface area (Å²) in [5.41, 5.74) is 1.04. The van der Waals surface area contributed by atoms with Crippen LogP contribution in [0.4, 0.5) is 0 Å². The van der Waals surface area contributed by atoms with E-state index in [2.05, 4.69) is 25.6 Å². The minimum absolute atomic E-state index is 0.0541. The summed E-state index contributed by atoms with van der Waals surface area (Å²) in [6.45, 7) is 3.15. The Bertz CT molecular complexity index is 559. The van der Waals surface area contributed by atoms with E-state index in [0.29, 0.717) is 32.3 Å². The van der Waals surface area contributed by atoms with Gasteiger partial charge in [0.25, 0.3) is 0 Å². The summed E-state index contributed by atoms with van der Waals surface area (Å²) in [7, 11) is 5.19. The molecule has 24 heavy (non-hydrogen) atoms. The van der Waals surface area contributed by atoms with E-state index in [0.717, 1.165) is 12.1 Å². The van der Waals surface area contributed by atoms with Crippen LogP contribution in [0.15, 0.2) is 17.4 Å². The molecule has 1 fully saturated rings. The van der Waals surface area contributed by atoms with E-state index in [-0.39, 0.29) is 18.6 Å². The maximum absolute atomic E-state index is 11.8. The first kappa shape index (κ1) is 18.2. The second kappa shape index (κ2) is 9.24. The van der Waals surface area contributed by atoms with Crippen molar-refractivity contribution in [2.24, 2.45) is 12.0 Å². The summed E-state index contributed by atoms with van der Waals surface area (Å²) >= 11 is 0. The average Bonchev–Trinajstić information content (AvgIpc) is 3.02. The van der Waals surface area contributed by atoms with Crippen molar-refractivity contribution in [3.8, 4) is 0 Å². The lowest BCUT2D eigenvalue weighted by molar-refractivity contribution is -0.120. The molecule has 9 heteroatoms. The average molecular weight is 338 g/mol. The molecule has 1 unspecified atom stereocenters. The largest absolute Gasteiger partial charge is 0.383 e. The number of nitrogens with one attached hydrogen (secondary N) is 2. The number of rotatable bonds is 6. The van der Waals surface area contributed by atoms with Crippen LogP contribution in [0.25, 0.3) is 0 Å². The van der Waals surface area contributed by atoms with Crippen molar-refractivity contribution < 1.29 is 14.3 Å². The number of nitrogens with zero attached hydrogens (tertiary/aromatic N) is 4. The van der Waals surface area contributed by atoms with Crippen LogP contribution < -0.4 is 10.6 Å². The third kappa shape index (κ3) is 5.20. The Morgan fingerprint density at radius 3 is 3.04 bits per heavy atom. The number of hydrogen-bond acceptors (Lipinski definition) is 5. The fraction of sp³-hybridized carbons (Fsp3) is 0.667. The van der Waals surface area contributed by atoms with Gasteiger partial charge in [0, 0.05) is 46.1 Å². The van der Waals surface area contributed by atoms with Crippen LogP contribution >= 0.6 is 0 Å². The second-order valence-corrected chi connectivity index (χ2v) is 5.50. The van der Waals surface area contributed by atoms with Gasteiger partial charge < -0.3 is 25.0 Å². The topological polar surface area (TPSA) is 93.0 Å². The number of amides is 1. The van der Waals surface area contributed by atoms with Crippen LogP contribution in [0.2, 0.25) is 0 Å². The van der Waals surface area contributed by atoms with Gasteiger partial charge in [-0.25, -0.2) is 0 Å². The van der Waals surface area contributed by atoms with E-state index in [4.69, 9.17) is 9.47 Å². The molecule has 0 aliphatic carbocycles. The lowest BCUT2D eigenvalue weighted by Gasteiger charge is -2.34. The first-order chi connectivity index (χ1) is 11.6. The molecule has 1 saturated heterocycles. The summed E-state index contributed by atoms with van der Waals surface area (Å²) in [5, 5.41) is 10.0. The van der Waals surface area contributed by atoms with Gasteiger partial charge in [-0.05, 0) is 0 Å². The highest BCUT2D eigenvalue weighted by Gasteiger charge is 2.25. The van der Waals surface area contributed by atoms with Gasteiger partial charge in [0.05, 0.1) is 32.5 Å². The summed E-state index contributed by atoms with van der Waals surface area (Å²) < 4.78 is 12.5. The molecule has 134 valence electrons. The van der Waals surface area contributed by atoms with Gasteiger partial charge in [-0.1, -0.05) is 0 Å².